The summed E-state index contributed by atoms with van der Waals surface area (Å²) in [4.78, 5) is 49.8. The molecule has 0 unspecified atom stereocenters. The van der Waals surface area contributed by atoms with Gasteiger partial charge in [0.15, 0.2) is 0 Å². The lowest BCUT2D eigenvalue weighted by Gasteiger charge is -2.32. The molecule has 0 heterocycles. The molecule has 9 heteroatoms. The number of hydrogen-bond donors (Lipinski definition) is 3. The van der Waals surface area contributed by atoms with E-state index in [4.69, 9.17) is 4.74 Å². The number of rotatable bonds is 8. The Hall–Kier alpha value is -2.58. The molecule has 9 nitrogen and oxygen atoms in total. The van der Waals surface area contributed by atoms with Crippen molar-refractivity contribution in [2.45, 2.75) is 84.0 Å². The third-order valence-corrected chi connectivity index (χ3v) is 4.52. The highest BCUT2D eigenvalue weighted by atomic mass is 16.6. The van der Waals surface area contributed by atoms with Crippen LogP contribution in [0.15, 0.2) is 12.2 Å². The van der Waals surface area contributed by atoms with Gasteiger partial charge in [0.25, 0.3) is 0 Å². The van der Waals surface area contributed by atoms with Crippen molar-refractivity contribution >= 4 is 23.9 Å². The van der Waals surface area contributed by atoms with Gasteiger partial charge in [-0.1, -0.05) is 26.0 Å². The standard InChI is InChI=1S/C21H35N3O6/c1-13(2)12-15(16(25)22-14(3)17(26)29-7)23-18(27)21(10-8-9-11-21)24-19(28)30-20(4,5)6/h8-9,13-15H,10-12H2,1-7H3,(H,22,25)(H,23,27)(H,24,28)/t14-,15-/m0/s1. The molecule has 170 valence electrons. The largest absolute Gasteiger partial charge is 0.467 e. The highest BCUT2D eigenvalue weighted by molar-refractivity contribution is 5.95. The molecule has 0 aromatic rings. The number of alkyl carbamates (subject to hydrolysis) is 1. The van der Waals surface area contributed by atoms with Gasteiger partial charge in [0.1, 0.15) is 23.2 Å². The molecule has 2 atom stereocenters. The molecule has 0 aliphatic heterocycles. The summed E-state index contributed by atoms with van der Waals surface area (Å²) in [6.45, 7) is 10.5. The van der Waals surface area contributed by atoms with Crippen LogP contribution in [0.1, 0.15) is 60.8 Å². The maximum Gasteiger partial charge on any atom is 0.408 e. The van der Waals surface area contributed by atoms with Crippen molar-refractivity contribution in [3.8, 4) is 0 Å². The van der Waals surface area contributed by atoms with Crippen LogP contribution in [0, 0.1) is 5.92 Å². The molecule has 3 N–H and O–H groups in total. The smallest absolute Gasteiger partial charge is 0.408 e. The van der Waals surface area contributed by atoms with Crippen LogP contribution in [0.4, 0.5) is 4.79 Å². The average Bonchev–Trinajstić information content (AvgIpc) is 3.07. The van der Waals surface area contributed by atoms with Gasteiger partial charge in [0.2, 0.25) is 11.8 Å². The van der Waals surface area contributed by atoms with Gasteiger partial charge in [0, 0.05) is 0 Å². The predicted octanol–water partition coefficient (Wildman–Crippen LogP) is 1.81. The first-order valence-electron chi connectivity index (χ1n) is 10.1. The number of ether oxygens (including phenoxy) is 2. The van der Waals surface area contributed by atoms with Crippen LogP contribution in [0.3, 0.4) is 0 Å². The van der Waals surface area contributed by atoms with Crippen LogP contribution in [0.5, 0.6) is 0 Å². The van der Waals surface area contributed by atoms with E-state index in [-0.39, 0.29) is 18.8 Å². The second-order valence-corrected chi connectivity index (χ2v) is 9.00. The Kier molecular flexibility index (Phi) is 8.87. The Balaban J connectivity index is 2.94. The average molecular weight is 426 g/mol. The molecule has 1 aliphatic carbocycles. The highest BCUT2D eigenvalue weighted by Crippen LogP contribution is 2.25. The third kappa shape index (κ3) is 7.68. The summed E-state index contributed by atoms with van der Waals surface area (Å²) in [7, 11) is 1.23. The molecule has 0 fully saturated rings. The number of carbonyl (C=O) groups is 4. The van der Waals surface area contributed by atoms with Crippen LogP contribution >= 0.6 is 0 Å². The monoisotopic (exact) mass is 425 g/mol. The number of amides is 3. The van der Waals surface area contributed by atoms with Crippen molar-refractivity contribution in [3.05, 3.63) is 12.2 Å². The molecular weight excluding hydrogens is 390 g/mol. The first-order chi connectivity index (χ1) is 13.8. The zero-order valence-electron chi connectivity index (χ0n) is 19.0. The number of hydrogen-bond acceptors (Lipinski definition) is 6. The lowest BCUT2D eigenvalue weighted by atomic mass is 9.94. The highest BCUT2D eigenvalue weighted by Gasteiger charge is 2.43. The van der Waals surface area contributed by atoms with E-state index in [0.717, 1.165) is 0 Å². The minimum Gasteiger partial charge on any atom is -0.467 e. The van der Waals surface area contributed by atoms with E-state index >= 15 is 0 Å². The van der Waals surface area contributed by atoms with E-state index in [0.29, 0.717) is 6.42 Å². The Morgan fingerprint density at radius 1 is 1.03 bits per heavy atom. The quantitative estimate of drug-likeness (QED) is 0.403. The molecule has 0 bridgehead atoms. The van der Waals surface area contributed by atoms with Crippen molar-refractivity contribution in [2.75, 3.05) is 7.11 Å². The Labute approximate surface area is 178 Å². The van der Waals surface area contributed by atoms with Crippen molar-refractivity contribution < 1.29 is 28.7 Å². The van der Waals surface area contributed by atoms with Gasteiger partial charge in [-0.2, -0.15) is 0 Å². The Bertz CT molecular complexity index is 673. The van der Waals surface area contributed by atoms with Gasteiger partial charge in [-0.25, -0.2) is 9.59 Å². The van der Waals surface area contributed by atoms with Crippen molar-refractivity contribution in [1.82, 2.24) is 16.0 Å². The summed E-state index contributed by atoms with van der Waals surface area (Å²) in [6.07, 6.45) is 3.83. The first-order valence-corrected chi connectivity index (χ1v) is 10.1. The Morgan fingerprint density at radius 3 is 2.07 bits per heavy atom. The summed E-state index contributed by atoms with van der Waals surface area (Å²) in [5, 5.41) is 7.98. The maximum atomic E-state index is 13.1. The van der Waals surface area contributed by atoms with Gasteiger partial charge in [-0.15, -0.1) is 0 Å². The zero-order chi connectivity index (χ0) is 23.1. The molecule has 0 saturated carbocycles. The summed E-state index contributed by atoms with van der Waals surface area (Å²) in [5.41, 5.74) is -1.94. The van der Waals surface area contributed by atoms with Crippen molar-refractivity contribution in [1.29, 1.82) is 0 Å². The van der Waals surface area contributed by atoms with E-state index in [1.807, 2.05) is 13.8 Å². The topological polar surface area (TPSA) is 123 Å². The lowest BCUT2D eigenvalue weighted by Crippen LogP contribution is -2.62. The van der Waals surface area contributed by atoms with Crippen molar-refractivity contribution in [3.63, 3.8) is 0 Å². The summed E-state index contributed by atoms with van der Waals surface area (Å²) in [5.74, 6) is -1.45. The third-order valence-electron chi connectivity index (χ3n) is 4.52. The lowest BCUT2D eigenvalue weighted by molar-refractivity contribution is -0.145. The van der Waals surface area contributed by atoms with Gasteiger partial charge in [-0.05, 0) is 52.9 Å². The van der Waals surface area contributed by atoms with Crippen LogP contribution in [0.25, 0.3) is 0 Å². The molecule has 3 amide bonds. The number of esters is 1. The molecule has 1 rings (SSSR count). The van der Waals surface area contributed by atoms with E-state index < -0.39 is 47.1 Å². The second kappa shape index (κ2) is 10.4. The van der Waals surface area contributed by atoms with Crippen LogP contribution in [-0.2, 0) is 23.9 Å². The predicted molar refractivity (Wildman–Crippen MR) is 111 cm³/mol. The minimum absolute atomic E-state index is 0.103. The first kappa shape index (κ1) is 25.5. The van der Waals surface area contributed by atoms with E-state index in [1.165, 1.54) is 14.0 Å². The number of carbonyl (C=O) groups excluding carboxylic acids is 4. The second-order valence-electron chi connectivity index (χ2n) is 9.00. The maximum absolute atomic E-state index is 13.1. The molecule has 30 heavy (non-hydrogen) atoms. The summed E-state index contributed by atoms with van der Waals surface area (Å²) < 4.78 is 9.92. The molecule has 0 radical (unpaired) electrons. The number of nitrogens with one attached hydrogen (secondary N) is 3. The SMILES string of the molecule is COC(=O)[C@H](C)NC(=O)[C@H](CC(C)C)NC(=O)C1(NC(=O)OC(C)(C)C)CC=CC1. The molecule has 0 spiro atoms. The fourth-order valence-corrected chi connectivity index (χ4v) is 3.04. The van der Waals surface area contributed by atoms with E-state index in [9.17, 15) is 19.2 Å². The van der Waals surface area contributed by atoms with Gasteiger partial charge >= 0.3 is 12.1 Å². The van der Waals surface area contributed by atoms with Crippen molar-refractivity contribution in [2.24, 2.45) is 5.92 Å². The fraction of sp³-hybridized carbons (Fsp3) is 0.714. The summed E-state index contributed by atoms with van der Waals surface area (Å²) >= 11 is 0. The number of methoxy groups -OCH3 is 1. The molecule has 0 aromatic carbocycles. The molecule has 0 aromatic heterocycles. The van der Waals surface area contributed by atoms with Crippen LogP contribution in [-0.4, -0.2) is 54.2 Å². The van der Waals surface area contributed by atoms with E-state index in [2.05, 4.69) is 20.7 Å². The molecule has 0 saturated heterocycles. The molecule has 1 aliphatic rings. The van der Waals surface area contributed by atoms with Crippen LogP contribution < -0.4 is 16.0 Å². The van der Waals surface area contributed by atoms with Gasteiger partial charge in [-0.3, -0.25) is 9.59 Å². The fourth-order valence-electron chi connectivity index (χ4n) is 3.04. The van der Waals surface area contributed by atoms with Gasteiger partial charge < -0.3 is 25.4 Å². The van der Waals surface area contributed by atoms with Crippen LogP contribution in [0.2, 0.25) is 0 Å². The van der Waals surface area contributed by atoms with Gasteiger partial charge in [0.05, 0.1) is 7.11 Å². The minimum atomic E-state index is -1.23. The Morgan fingerprint density at radius 2 is 1.60 bits per heavy atom. The van der Waals surface area contributed by atoms with E-state index in [1.54, 1.807) is 32.9 Å². The normalized spacial score (nSPS) is 17.1. The zero-order valence-corrected chi connectivity index (χ0v) is 19.0. The molecular formula is C21H35N3O6. The summed E-state index contributed by atoms with van der Waals surface area (Å²) in [6, 6.07) is -1.72.